The van der Waals surface area contributed by atoms with Gasteiger partial charge in [-0.2, -0.15) is 5.10 Å². The maximum Gasteiger partial charge on any atom is 0.0850 e. The predicted molar refractivity (Wildman–Crippen MR) is 90.0 cm³/mol. The average molecular weight is 312 g/mol. The largest absolute Gasteiger partial charge is 0.314 e. The Bertz CT molecular complexity index is 433. The average Bonchev–Trinajstić information content (AvgIpc) is 2.68. The summed E-state index contributed by atoms with van der Waals surface area (Å²) in [5.41, 5.74) is 2.23. The van der Waals surface area contributed by atoms with E-state index in [1.165, 1.54) is 44.2 Å². The van der Waals surface area contributed by atoms with Crippen molar-refractivity contribution in [1.29, 1.82) is 0 Å². The molecule has 120 valence electrons. The third kappa shape index (κ3) is 4.23. The van der Waals surface area contributed by atoms with Gasteiger partial charge in [0.15, 0.2) is 0 Å². The molecule has 0 saturated heterocycles. The van der Waals surface area contributed by atoms with Crippen molar-refractivity contribution in [2.75, 3.05) is 6.54 Å². The molecule has 1 fully saturated rings. The summed E-state index contributed by atoms with van der Waals surface area (Å²) in [6, 6.07) is 0.533. The number of aryl methyl sites for hydroxylation is 2. The number of nitrogens with zero attached hydrogens (tertiary/aromatic N) is 2. The van der Waals surface area contributed by atoms with Crippen LogP contribution in [0, 0.1) is 5.92 Å². The molecule has 0 amide bonds. The topological polar surface area (TPSA) is 29.9 Å². The molecule has 1 N–H and O–H groups in total. The fourth-order valence-electron chi connectivity index (χ4n) is 3.63. The van der Waals surface area contributed by atoms with Gasteiger partial charge in [-0.05, 0) is 31.7 Å². The van der Waals surface area contributed by atoms with Crippen molar-refractivity contribution in [3.63, 3.8) is 0 Å². The first kappa shape index (κ1) is 16.8. The van der Waals surface area contributed by atoms with Gasteiger partial charge < -0.3 is 5.32 Å². The Kier molecular flexibility index (Phi) is 6.56. The van der Waals surface area contributed by atoms with E-state index in [1.54, 1.807) is 0 Å². The lowest BCUT2D eigenvalue weighted by molar-refractivity contribution is 0.317. The van der Waals surface area contributed by atoms with E-state index in [1.807, 2.05) is 11.7 Å². The lowest BCUT2D eigenvalue weighted by Crippen LogP contribution is -2.38. The van der Waals surface area contributed by atoms with Crippen LogP contribution in [-0.4, -0.2) is 22.4 Å². The van der Waals surface area contributed by atoms with Crippen molar-refractivity contribution >= 4 is 11.6 Å². The van der Waals surface area contributed by atoms with Crippen molar-refractivity contribution in [3.8, 4) is 0 Å². The van der Waals surface area contributed by atoms with Gasteiger partial charge in [0.25, 0.3) is 0 Å². The van der Waals surface area contributed by atoms with Crippen LogP contribution in [0.5, 0.6) is 0 Å². The SMILES string of the molecule is CCNC(Cc1c(Cl)c(CC)nn1C)C1CCCCCC1. The first-order valence-electron chi connectivity index (χ1n) is 8.61. The minimum atomic E-state index is 0.533. The van der Waals surface area contributed by atoms with Crippen LogP contribution >= 0.6 is 11.6 Å². The maximum atomic E-state index is 6.53. The Morgan fingerprint density at radius 2 is 1.90 bits per heavy atom. The van der Waals surface area contributed by atoms with Crippen LogP contribution in [0.1, 0.15) is 63.8 Å². The molecule has 2 rings (SSSR count). The molecule has 1 aliphatic carbocycles. The normalized spacial score (nSPS) is 18.7. The van der Waals surface area contributed by atoms with Crippen LogP contribution < -0.4 is 5.32 Å². The van der Waals surface area contributed by atoms with E-state index >= 15 is 0 Å². The van der Waals surface area contributed by atoms with Crippen LogP contribution in [0.15, 0.2) is 0 Å². The van der Waals surface area contributed by atoms with E-state index in [0.29, 0.717) is 6.04 Å². The van der Waals surface area contributed by atoms with Crippen LogP contribution in [0.3, 0.4) is 0 Å². The predicted octanol–water partition coefficient (Wildman–Crippen LogP) is 4.13. The highest BCUT2D eigenvalue weighted by molar-refractivity contribution is 6.31. The first-order chi connectivity index (χ1) is 10.2. The Labute approximate surface area is 134 Å². The number of hydrogen-bond donors (Lipinski definition) is 1. The quantitative estimate of drug-likeness (QED) is 0.801. The van der Waals surface area contributed by atoms with Gasteiger partial charge in [-0.25, -0.2) is 0 Å². The maximum absolute atomic E-state index is 6.53. The Morgan fingerprint density at radius 1 is 1.24 bits per heavy atom. The third-order valence-corrected chi connectivity index (χ3v) is 5.29. The number of nitrogens with one attached hydrogen (secondary N) is 1. The first-order valence-corrected chi connectivity index (χ1v) is 8.98. The highest BCUT2D eigenvalue weighted by Crippen LogP contribution is 2.29. The van der Waals surface area contributed by atoms with Gasteiger partial charge in [-0.1, -0.05) is 51.1 Å². The molecule has 0 bridgehead atoms. The molecule has 1 heterocycles. The minimum Gasteiger partial charge on any atom is -0.314 e. The monoisotopic (exact) mass is 311 g/mol. The molecular weight excluding hydrogens is 282 g/mol. The molecule has 0 spiro atoms. The van der Waals surface area contributed by atoms with Gasteiger partial charge in [0.1, 0.15) is 0 Å². The molecule has 4 heteroatoms. The summed E-state index contributed by atoms with van der Waals surface area (Å²) in [5.74, 6) is 0.781. The fraction of sp³-hybridized carbons (Fsp3) is 0.824. The van der Waals surface area contributed by atoms with Crippen LogP contribution in [-0.2, 0) is 19.9 Å². The van der Waals surface area contributed by atoms with Crippen molar-refractivity contribution in [3.05, 3.63) is 16.4 Å². The molecule has 0 aromatic carbocycles. The third-order valence-electron chi connectivity index (χ3n) is 4.85. The summed E-state index contributed by atoms with van der Waals surface area (Å²) in [6.45, 7) is 5.34. The molecule has 1 aliphatic rings. The fourth-order valence-corrected chi connectivity index (χ4v) is 4.00. The second-order valence-electron chi connectivity index (χ2n) is 6.30. The summed E-state index contributed by atoms with van der Waals surface area (Å²) in [7, 11) is 2.02. The zero-order chi connectivity index (χ0) is 15.2. The molecule has 21 heavy (non-hydrogen) atoms. The minimum absolute atomic E-state index is 0.533. The van der Waals surface area contributed by atoms with Gasteiger partial charge in [0, 0.05) is 19.5 Å². The summed E-state index contributed by atoms with van der Waals surface area (Å²) < 4.78 is 1.99. The zero-order valence-corrected chi connectivity index (χ0v) is 14.5. The number of halogens is 1. The number of aromatic nitrogens is 2. The molecular formula is C17H30ClN3. The van der Waals surface area contributed by atoms with Gasteiger partial charge >= 0.3 is 0 Å². The lowest BCUT2D eigenvalue weighted by atomic mass is 9.88. The summed E-state index contributed by atoms with van der Waals surface area (Å²) in [6.07, 6.45) is 10.2. The molecule has 1 atom stereocenters. The van der Waals surface area contributed by atoms with Crippen LogP contribution in [0.25, 0.3) is 0 Å². The van der Waals surface area contributed by atoms with Crippen molar-refractivity contribution in [2.24, 2.45) is 13.0 Å². The number of hydrogen-bond acceptors (Lipinski definition) is 2. The standard InChI is InChI=1S/C17H30ClN3/c1-4-14-17(18)16(21(3)20-14)12-15(19-5-2)13-10-8-6-7-9-11-13/h13,15,19H,4-12H2,1-3H3. The van der Waals surface area contributed by atoms with E-state index < -0.39 is 0 Å². The molecule has 3 nitrogen and oxygen atoms in total. The molecule has 1 aromatic heterocycles. The van der Waals surface area contributed by atoms with Gasteiger partial charge in [-0.15, -0.1) is 0 Å². The van der Waals surface area contributed by atoms with E-state index in [2.05, 4.69) is 24.3 Å². The number of rotatable bonds is 6. The molecule has 0 radical (unpaired) electrons. The van der Waals surface area contributed by atoms with E-state index in [4.69, 9.17) is 11.6 Å². The van der Waals surface area contributed by atoms with Crippen LogP contribution in [0.2, 0.25) is 5.02 Å². The number of likely N-dealkylation sites (N-methyl/N-ethyl adjacent to an activating group) is 1. The van der Waals surface area contributed by atoms with E-state index in [9.17, 15) is 0 Å². The van der Waals surface area contributed by atoms with Crippen LogP contribution in [0.4, 0.5) is 0 Å². The second-order valence-corrected chi connectivity index (χ2v) is 6.68. The Hall–Kier alpha value is -0.540. The molecule has 1 unspecified atom stereocenters. The van der Waals surface area contributed by atoms with E-state index in [0.717, 1.165) is 36.0 Å². The highest BCUT2D eigenvalue weighted by Gasteiger charge is 2.25. The second kappa shape index (κ2) is 8.19. The molecule has 1 saturated carbocycles. The van der Waals surface area contributed by atoms with Gasteiger partial charge in [-0.3, -0.25) is 4.68 Å². The van der Waals surface area contributed by atoms with Gasteiger partial charge in [0.2, 0.25) is 0 Å². The lowest BCUT2D eigenvalue weighted by Gasteiger charge is -2.27. The van der Waals surface area contributed by atoms with E-state index in [-0.39, 0.29) is 0 Å². The summed E-state index contributed by atoms with van der Waals surface area (Å²) in [5, 5.41) is 9.16. The molecule has 1 aromatic rings. The Balaban J connectivity index is 2.13. The summed E-state index contributed by atoms with van der Waals surface area (Å²) in [4.78, 5) is 0. The van der Waals surface area contributed by atoms with Crippen molar-refractivity contribution in [1.82, 2.24) is 15.1 Å². The van der Waals surface area contributed by atoms with Crippen molar-refractivity contribution < 1.29 is 0 Å². The van der Waals surface area contributed by atoms with Gasteiger partial charge in [0.05, 0.1) is 16.4 Å². The highest BCUT2D eigenvalue weighted by atomic mass is 35.5. The Morgan fingerprint density at radius 3 is 2.43 bits per heavy atom. The summed E-state index contributed by atoms with van der Waals surface area (Å²) >= 11 is 6.53. The smallest absolute Gasteiger partial charge is 0.0850 e. The van der Waals surface area contributed by atoms with Crippen molar-refractivity contribution in [2.45, 2.75) is 71.3 Å². The zero-order valence-electron chi connectivity index (χ0n) is 13.8. The molecule has 0 aliphatic heterocycles.